The van der Waals surface area contributed by atoms with Gasteiger partial charge in [0.05, 0.1) is 6.54 Å². The van der Waals surface area contributed by atoms with E-state index in [2.05, 4.69) is 52.2 Å². The van der Waals surface area contributed by atoms with E-state index in [0.717, 1.165) is 45.0 Å². The molecule has 6 heteroatoms. The predicted molar refractivity (Wildman–Crippen MR) is 93.2 cm³/mol. The standard InChI is InChI=1S/C17H29N5O/c1-14(23)22-10-7-15(8-11-22)12-19-17(18-2)21(4)13-16-6-5-9-20(16)3/h5-6,9,15H,7-8,10-13H2,1-4H3,(H,18,19). The SMILES string of the molecule is CN=C(NCC1CCN(C(C)=O)CC1)N(C)Cc1cccn1C. The highest BCUT2D eigenvalue weighted by Crippen LogP contribution is 2.16. The summed E-state index contributed by atoms with van der Waals surface area (Å²) in [7, 11) is 5.94. The van der Waals surface area contributed by atoms with Gasteiger partial charge in [0.15, 0.2) is 5.96 Å². The molecular weight excluding hydrogens is 290 g/mol. The zero-order chi connectivity index (χ0) is 16.8. The Hall–Kier alpha value is -1.98. The van der Waals surface area contributed by atoms with Gasteiger partial charge < -0.3 is 19.7 Å². The van der Waals surface area contributed by atoms with E-state index in [1.807, 2.05) is 11.9 Å². The van der Waals surface area contributed by atoms with Crippen LogP contribution in [0.15, 0.2) is 23.3 Å². The highest BCUT2D eigenvalue weighted by molar-refractivity contribution is 5.79. The van der Waals surface area contributed by atoms with Crippen molar-refractivity contribution >= 4 is 11.9 Å². The lowest BCUT2D eigenvalue weighted by molar-refractivity contribution is -0.130. The van der Waals surface area contributed by atoms with Crippen molar-refractivity contribution in [2.45, 2.75) is 26.3 Å². The van der Waals surface area contributed by atoms with Crippen LogP contribution in [0.4, 0.5) is 0 Å². The van der Waals surface area contributed by atoms with Gasteiger partial charge in [0.25, 0.3) is 0 Å². The Kier molecular flexibility index (Phi) is 6.07. The van der Waals surface area contributed by atoms with Crippen molar-refractivity contribution in [3.8, 4) is 0 Å². The molecule has 1 saturated heterocycles. The van der Waals surface area contributed by atoms with Crippen LogP contribution in [0.3, 0.4) is 0 Å². The average molecular weight is 319 g/mol. The maximum Gasteiger partial charge on any atom is 0.219 e. The number of rotatable bonds is 4. The van der Waals surface area contributed by atoms with Gasteiger partial charge in [0.2, 0.25) is 5.91 Å². The van der Waals surface area contributed by atoms with Gasteiger partial charge in [-0.3, -0.25) is 9.79 Å². The first-order valence-electron chi connectivity index (χ1n) is 8.28. The molecule has 0 atom stereocenters. The molecule has 1 aliphatic rings. The molecule has 128 valence electrons. The summed E-state index contributed by atoms with van der Waals surface area (Å²) in [6.45, 7) is 5.14. The highest BCUT2D eigenvalue weighted by Gasteiger charge is 2.21. The predicted octanol–water partition coefficient (Wildman–Crippen LogP) is 1.29. The third-order valence-corrected chi connectivity index (χ3v) is 4.63. The van der Waals surface area contributed by atoms with E-state index < -0.39 is 0 Å². The van der Waals surface area contributed by atoms with Crippen molar-refractivity contribution in [2.75, 3.05) is 33.7 Å². The Morgan fingerprint density at radius 3 is 2.65 bits per heavy atom. The lowest BCUT2D eigenvalue weighted by atomic mass is 9.97. The van der Waals surface area contributed by atoms with E-state index in [9.17, 15) is 4.79 Å². The molecule has 0 aliphatic carbocycles. The molecule has 1 N–H and O–H groups in total. The van der Waals surface area contributed by atoms with Crippen molar-refractivity contribution in [3.63, 3.8) is 0 Å². The molecule has 23 heavy (non-hydrogen) atoms. The number of nitrogens with zero attached hydrogens (tertiary/aromatic N) is 4. The zero-order valence-electron chi connectivity index (χ0n) is 14.7. The fraction of sp³-hybridized carbons (Fsp3) is 0.647. The van der Waals surface area contributed by atoms with Crippen LogP contribution in [-0.4, -0.2) is 60.0 Å². The second-order valence-electron chi connectivity index (χ2n) is 6.34. The molecule has 0 saturated carbocycles. The van der Waals surface area contributed by atoms with Crippen molar-refractivity contribution in [1.82, 2.24) is 19.7 Å². The summed E-state index contributed by atoms with van der Waals surface area (Å²) in [5, 5.41) is 3.48. The number of carbonyl (C=O) groups excluding carboxylic acids is 1. The maximum absolute atomic E-state index is 11.4. The summed E-state index contributed by atoms with van der Waals surface area (Å²) >= 11 is 0. The number of likely N-dealkylation sites (tertiary alicyclic amines) is 1. The molecular formula is C17H29N5O. The van der Waals surface area contributed by atoms with E-state index in [-0.39, 0.29) is 5.91 Å². The smallest absolute Gasteiger partial charge is 0.219 e. The summed E-state index contributed by atoms with van der Waals surface area (Å²) in [6, 6.07) is 4.18. The lowest BCUT2D eigenvalue weighted by Gasteiger charge is -2.32. The van der Waals surface area contributed by atoms with Gasteiger partial charge >= 0.3 is 0 Å². The molecule has 6 nitrogen and oxygen atoms in total. The third-order valence-electron chi connectivity index (χ3n) is 4.63. The number of aliphatic imine (C=N–C) groups is 1. The topological polar surface area (TPSA) is 52.9 Å². The molecule has 1 amide bonds. The molecule has 1 fully saturated rings. The minimum absolute atomic E-state index is 0.189. The molecule has 0 aromatic carbocycles. The normalized spacial score (nSPS) is 16.5. The van der Waals surface area contributed by atoms with Crippen molar-refractivity contribution in [3.05, 3.63) is 24.0 Å². The number of amides is 1. The first kappa shape index (κ1) is 17.4. The van der Waals surface area contributed by atoms with E-state index in [1.54, 1.807) is 6.92 Å². The number of guanidine groups is 1. The van der Waals surface area contributed by atoms with Crippen LogP contribution in [-0.2, 0) is 18.4 Å². The number of hydrogen-bond donors (Lipinski definition) is 1. The van der Waals surface area contributed by atoms with Gasteiger partial charge in [-0.2, -0.15) is 0 Å². The third kappa shape index (κ3) is 4.74. The van der Waals surface area contributed by atoms with Crippen molar-refractivity contribution in [2.24, 2.45) is 18.0 Å². The van der Waals surface area contributed by atoms with Gasteiger partial charge in [-0.1, -0.05) is 0 Å². The molecule has 1 aliphatic heterocycles. The lowest BCUT2D eigenvalue weighted by Crippen LogP contribution is -2.44. The number of nitrogens with one attached hydrogen (secondary N) is 1. The van der Waals surface area contributed by atoms with Crippen LogP contribution in [0.2, 0.25) is 0 Å². The quantitative estimate of drug-likeness (QED) is 0.672. The van der Waals surface area contributed by atoms with Crippen molar-refractivity contribution < 1.29 is 4.79 Å². The van der Waals surface area contributed by atoms with Crippen LogP contribution in [0.25, 0.3) is 0 Å². The Morgan fingerprint density at radius 1 is 1.43 bits per heavy atom. The second-order valence-corrected chi connectivity index (χ2v) is 6.34. The van der Waals surface area contributed by atoms with E-state index in [0.29, 0.717) is 5.92 Å². The highest BCUT2D eigenvalue weighted by atomic mass is 16.2. The first-order chi connectivity index (χ1) is 11.0. The molecule has 0 spiro atoms. The zero-order valence-corrected chi connectivity index (χ0v) is 14.7. The van der Waals surface area contributed by atoms with E-state index >= 15 is 0 Å². The minimum atomic E-state index is 0.189. The van der Waals surface area contributed by atoms with Crippen molar-refractivity contribution in [1.29, 1.82) is 0 Å². The van der Waals surface area contributed by atoms with E-state index in [1.165, 1.54) is 5.69 Å². The number of aryl methyl sites for hydroxylation is 1. The molecule has 1 aromatic rings. The Labute approximate surface area is 139 Å². The number of piperidine rings is 1. The summed E-state index contributed by atoms with van der Waals surface area (Å²) in [5.41, 5.74) is 1.25. The Bertz CT molecular complexity index is 543. The van der Waals surface area contributed by atoms with Gasteiger partial charge in [-0.05, 0) is 30.9 Å². The minimum Gasteiger partial charge on any atom is -0.356 e. The molecule has 2 rings (SSSR count). The van der Waals surface area contributed by atoms with Crippen LogP contribution in [0.1, 0.15) is 25.5 Å². The van der Waals surface area contributed by atoms with Gasteiger partial charge in [-0.25, -0.2) is 0 Å². The fourth-order valence-electron chi connectivity index (χ4n) is 3.05. The molecule has 0 unspecified atom stereocenters. The summed E-state index contributed by atoms with van der Waals surface area (Å²) < 4.78 is 2.13. The van der Waals surface area contributed by atoms with Crippen LogP contribution in [0.5, 0.6) is 0 Å². The van der Waals surface area contributed by atoms with Gasteiger partial charge in [0, 0.05) is 59.6 Å². The van der Waals surface area contributed by atoms with Crippen LogP contribution in [0, 0.1) is 5.92 Å². The Morgan fingerprint density at radius 2 is 2.13 bits per heavy atom. The first-order valence-corrected chi connectivity index (χ1v) is 8.28. The molecule has 0 bridgehead atoms. The average Bonchev–Trinajstić information content (AvgIpc) is 2.93. The number of hydrogen-bond acceptors (Lipinski definition) is 2. The summed E-state index contributed by atoms with van der Waals surface area (Å²) in [6.07, 6.45) is 4.18. The number of carbonyl (C=O) groups is 1. The van der Waals surface area contributed by atoms with Crippen LogP contribution >= 0.6 is 0 Å². The molecule has 0 radical (unpaired) electrons. The van der Waals surface area contributed by atoms with Crippen LogP contribution < -0.4 is 5.32 Å². The Balaban J connectivity index is 1.79. The fourth-order valence-corrected chi connectivity index (χ4v) is 3.05. The van der Waals surface area contributed by atoms with E-state index in [4.69, 9.17) is 0 Å². The summed E-state index contributed by atoms with van der Waals surface area (Å²) in [4.78, 5) is 19.8. The summed E-state index contributed by atoms with van der Waals surface area (Å²) in [5.74, 6) is 1.71. The van der Waals surface area contributed by atoms with Gasteiger partial charge in [0.1, 0.15) is 0 Å². The number of aromatic nitrogens is 1. The van der Waals surface area contributed by atoms with Gasteiger partial charge in [-0.15, -0.1) is 0 Å². The largest absolute Gasteiger partial charge is 0.356 e. The monoisotopic (exact) mass is 319 g/mol. The molecule has 1 aromatic heterocycles. The second kappa shape index (κ2) is 8.04. The maximum atomic E-state index is 11.4. The molecule has 2 heterocycles.